The van der Waals surface area contributed by atoms with Crippen molar-refractivity contribution >= 4 is 22.1 Å². The minimum atomic E-state index is -3.51. The van der Waals surface area contributed by atoms with Crippen molar-refractivity contribution in [1.29, 1.82) is 0 Å². The molecule has 0 saturated carbocycles. The number of carbonyl (C=O) groups excluding carboxylic acids is 1. The Morgan fingerprint density at radius 2 is 1.77 bits per heavy atom. The molecule has 0 bridgehead atoms. The largest absolute Gasteiger partial charge is 0.423 e. The topological polar surface area (TPSA) is 63.7 Å². The average Bonchev–Trinajstić information content (AvgIpc) is 2.61. The lowest BCUT2D eigenvalue weighted by molar-refractivity contribution is -0.128. The molecule has 0 aliphatic rings. The first-order valence-corrected chi connectivity index (χ1v) is 9.56. The molecule has 2 aromatic carbocycles. The highest BCUT2D eigenvalue weighted by Crippen LogP contribution is 2.17. The molecule has 0 fully saturated rings. The van der Waals surface area contributed by atoms with E-state index in [2.05, 4.69) is 0 Å². The molecule has 0 unspecified atom stereocenters. The number of nitrogens with zero attached hydrogens (tertiary/aromatic N) is 1. The monoisotopic (exact) mass is 377 g/mol. The Kier molecular flexibility index (Phi) is 6.65. The molecule has 0 aromatic heterocycles. The Hall–Kier alpha value is -2.51. The molecule has 0 N–H and O–H groups in total. The highest BCUT2D eigenvalue weighted by molar-refractivity contribution is 7.89. The molecule has 0 aliphatic carbocycles. The Balaban J connectivity index is 2.06. The zero-order chi connectivity index (χ0) is 19.2. The fourth-order valence-electron chi connectivity index (χ4n) is 2.31. The summed E-state index contributed by atoms with van der Waals surface area (Å²) in [7, 11) is -3.51. The molecule has 2 aromatic rings. The number of rotatable bonds is 7. The minimum Gasteiger partial charge on any atom is -0.423 e. The van der Waals surface area contributed by atoms with Crippen molar-refractivity contribution in [2.45, 2.75) is 18.7 Å². The van der Waals surface area contributed by atoms with Gasteiger partial charge in [0.2, 0.25) is 10.0 Å². The first-order chi connectivity index (χ1) is 12.4. The van der Waals surface area contributed by atoms with E-state index in [1.54, 1.807) is 26.0 Å². The Morgan fingerprint density at radius 3 is 2.35 bits per heavy atom. The van der Waals surface area contributed by atoms with Gasteiger partial charge in [-0.05, 0) is 35.9 Å². The van der Waals surface area contributed by atoms with Crippen LogP contribution in [-0.2, 0) is 14.8 Å². The van der Waals surface area contributed by atoms with Crippen LogP contribution in [0.3, 0.4) is 0 Å². The molecule has 0 aliphatic heterocycles. The van der Waals surface area contributed by atoms with Crippen LogP contribution < -0.4 is 4.74 Å². The Morgan fingerprint density at radius 1 is 1.12 bits per heavy atom. The third kappa shape index (κ3) is 5.00. The van der Waals surface area contributed by atoms with Crippen LogP contribution in [0.25, 0.3) is 6.08 Å². The molecule has 5 nitrogen and oxygen atoms in total. The summed E-state index contributed by atoms with van der Waals surface area (Å²) in [5, 5.41) is 0. The highest BCUT2D eigenvalue weighted by atomic mass is 32.2. The predicted octanol–water partition coefficient (Wildman–Crippen LogP) is 3.48. The van der Waals surface area contributed by atoms with Crippen LogP contribution in [0, 0.1) is 5.82 Å². The Labute approximate surface area is 152 Å². The number of sulfonamides is 1. The third-order valence-electron chi connectivity index (χ3n) is 3.65. The zero-order valence-corrected chi connectivity index (χ0v) is 15.4. The van der Waals surface area contributed by atoms with Crippen LogP contribution in [0.2, 0.25) is 0 Å². The summed E-state index contributed by atoms with van der Waals surface area (Å²) in [5.74, 6) is -1.04. The summed E-state index contributed by atoms with van der Waals surface area (Å²) in [4.78, 5) is 12.0. The second-order valence-electron chi connectivity index (χ2n) is 5.37. The van der Waals surface area contributed by atoms with Gasteiger partial charge >= 0.3 is 5.97 Å². The number of halogens is 1. The molecule has 0 amide bonds. The fraction of sp³-hybridized carbons (Fsp3) is 0.211. The fourth-order valence-corrected chi connectivity index (χ4v) is 3.77. The number of hydrogen-bond acceptors (Lipinski definition) is 4. The molecule has 0 atom stereocenters. The summed E-state index contributed by atoms with van der Waals surface area (Å²) >= 11 is 0. The van der Waals surface area contributed by atoms with E-state index >= 15 is 0 Å². The average molecular weight is 377 g/mol. The number of benzene rings is 2. The van der Waals surface area contributed by atoms with Gasteiger partial charge in [0.1, 0.15) is 11.6 Å². The normalized spacial score (nSPS) is 11.8. The molecule has 138 valence electrons. The molecular weight excluding hydrogens is 357 g/mol. The van der Waals surface area contributed by atoms with E-state index in [0.717, 1.165) is 6.07 Å². The van der Waals surface area contributed by atoms with Crippen LogP contribution in [0.1, 0.15) is 19.4 Å². The first kappa shape index (κ1) is 19.8. The molecule has 7 heteroatoms. The maximum absolute atomic E-state index is 13.0. The van der Waals surface area contributed by atoms with Gasteiger partial charge in [0.05, 0.1) is 4.90 Å². The van der Waals surface area contributed by atoms with E-state index in [1.165, 1.54) is 46.8 Å². The summed E-state index contributed by atoms with van der Waals surface area (Å²) in [6, 6.07) is 11.5. The maximum Gasteiger partial charge on any atom is 0.336 e. The van der Waals surface area contributed by atoms with Gasteiger partial charge in [0.25, 0.3) is 0 Å². The van der Waals surface area contributed by atoms with E-state index in [0.29, 0.717) is 18.7 Å². The maximum atomic E-state index is 13.0. The Bertz CT molecular complexity index is 888. The van der Waals surface area contributed by atoms with Crippen molar-refractivity contribution in [3.05, 3.63) is 66.0 Å². The smallest absolute Gasteiger partial charge is 0.336 e. The lowest BCUT2D eigenvalue weighted by atomic mass is 10.2. The molecule has 0 radical (unpaired) electrons. The lowest BCUT2D eigenvalue weighted by Crippen LogP contribution is -2.30. The molecule has 0 heterocycles. The van der Waals surface area contributed by atoms with Gasteiger partial charge in [-0.25, -0.2) is 17.6 Å². The van der Waals surface area contributed by atoms with E-state index in [9.17, 15) is 17.6 Å². The van der Waals surface area contributed by atoms with Crippen molar-refractivity contribution in [2.24, 2.45) is 0 Å². The number of hydrogen-bond donors (Lipinski definition) is 0. The van der Waals surface area contributed by atoms with Crippen molar-refractivity contribution in [2.75, 3.05) is 13.1 Å². The quantitative estimate of drug-likeness (QED) is 0.421. The van der Waals surface area contributed by atoms with Crippen molar-refractivity contribution in [3.63, 3.8) is 0 Å². The van der Waals surface area contributed by atoms with E-state index in [1.807, 2.05) is 0 Å². The zero-order valence-electron chi connectivity index (χ0n) is 14.6. The lowest BCUT2D eigenvalue weighted by Gasteiger charge is -2.18. The van der Waals surface area contributed by atoms with E-state index < -0.39 is 21.8 Å². The molecule has 26 heavy (non-hydrogen) atoms. The van der Waals surface area contributed by atoms with Crippen molar-refractivity contribution in [1.82, 2.24) is 4.31 Å². The van der Waals surface area contributed by atoms with E-state index in [4.69, 9.17) is 4.74 Å². The molecule has 0 spiro atoms. The number of carbonyl (C=O) groups is 1. The molecule has 2 rings (SSSR count). The third-order valence-corrected chi connectivity index (χ3v) is 5.71. The van der Waals surface area contributed by atoms with Gasteiger partial charge in [0, 0.05) is 25.2 Å². The van der Waals surface area contributed by atoms with Crippen LogP contribution >= 0.6 is 0 Å². The van der Waals surface area contributed by atoms with Gasteiger partial charge < -0.3 is 4.74 Å². The van der Waals surface area contributed by atoms with Crippen molar-refractivity contribution < 1.29 is 22.3 Å². The molecule has 0 saturated heterocycles. The standard InChI is InChI=1S/C19H20FNO4S/c1-3-21(4-2)26(23,24)18-11-8-15(9-12-18)10-13-19(22)25-17-7-5-6-16(20)14-17/h5-14H,3-4H2,1-2H3/b13-10+. The molecular formula is C19H20FNO4S. The van der Waals surface area contributed by atoms with Crippen molar-refractivity contribution in [3.8, 4) is 5.75 Å². The number of ether oxygens (including phenoxy) is 1. The van der Waals surface area contributed by atoms with Gasteiger partial charge in [-0.1, -0.05) is 32.0 Å². The SMILES string of the molecule is CCN(CC)S(=O)(=O)c1ccc(/C=C/C(=O)Oc2cccc(F)c2)cc1. The second-order valence-corrected chi connectivity index (χ2v) is 7.31. The van der Waals surface area contributed by atoms with Gasteiger partial charge in [0.15, 0.2) is 0 Å². The van der Waals surface area contributed by atoms with Gasteiger partial charge in [-0.3, -0.25) is 0 Å². The second kappa shape index (κ2) is 8.73. The minimum absolute atomic E-state index is 0.111. The van der Waals surface area contributed by atoms with E-state index in [-0.39, 0.29) is 10.6 Å². The number of esters is 1. The van der Waals surface area contributed by atoms with Gasteiger partial charge in [-0.2, -0.15) is 4.31 Å². The summed E-state index contributed by atoms with van der Waals surface area (Å²) in [6.07, 6.45) is 2.69. The van der Waals surface area contributed by atoms with Gasteiger partial charge in [-0.15, -0.1) is 0 Å². The van der Waals surface area contributed by atoms with Crippen LogP contribution in [0.4, 0.5) is 4.39 Å². The summed E-state index contributed by atoms with van der Waals surface area (Å²) in [5.41, 5.74) is 0.639. The highest BCUT2D eigenvalue weighted by Gasteiger charge is 2.20. The predicted molar refractivity (Wildman–Crippen MR) is 97.6 cm³/mol. The van der Waals surface area contributed by atoms with Crippen LogP contribution in [0.15, 0.2) is 59.5 Å². The summed E-state index contributed by atoms with van der Waals surface area (Å²) in [6.45, 7) is 4.35. The first-order valence-electron chi connectivity index (χ1n) is 8.12. The van der Waals surface area contributed by atoms with Crippen LogP contribution in [-0.4, -0.2) is 31.8 Å². The summed E-state index contributed by atoms with van der Waals surface area (Å²) < 4.78 is 44.2. The van der Waals surface area contributed by atoms with Crippen LogP contribution in [0.5, 0.6) is 5.75 Å².